The van der Waals surface area contributed by atoms with E-state index in [0.29, 0.717) is 17.1 Å². The molecule has 2 heterocycles. The summed E-state index contributed by atoms with van der Waals surface area (Å²) in [5.74, 6) is -1.18. The average Bonchev–Trinajstić information content (AvgIpc) is 3.47. The first-order valence-electron chi connectivity index (χ1n) is 10.7. The number of halogens is 2. The minimum absolute atomic E-state index is 0.0118. The van der Waals surface area contributed by atoms with Gasteiger partial charge in [0.15, 0.2) is 11.5 Å². The monoisotopic (exact) mass is 502 g/mol. The zero-order valence-corrected chi connectivity index (χ0v) is 19.4. The van der Waals surface area contributed by atoms with Crippen molar-refractivity contribution in [3.8, 4) is 17.6 Å². The molecular formula is C27H16F2N2O4S. The lowest BCUT2D eigenvalue weighted by Gasteiger charge is -2.06. The molecule has 5 rings (SSSR count). The summed E-state index contributed by atoms with van der Waals surface area (Å²) in [5.41, 5.74) is -0.309. The number of aromatic nitrogens is 1. The Bertz CT molecular complexity index is 1700. The van der Waals surface area contributed by atoms with E-state index in [1.54, 1.807) is 48.5 Å². The number of fused-ring (bicyclic) bond motifs is 1. The van der Waals surface area contributed by atoms with Gasteiger partial charge < -0.3 is 9.47 Å². The third kappa shape index (κ3) is 4.30. The third-order valence-electron chi connectivity index (χ3n) is 5.55. The third-order valence-corrected chi connectivity index (χ3v) is 6.68. The molecule has 0 radical (unpaired) electrons. The van der Waals surface area contributed by atoms with Crippen LogP contribution in [0.5, 0.6) is 11.5 Å². The first-order valence-corrected chi connectivity index (χ1v) is 11.6. The van der Waals surface area contributed by atoms with Gasteiger partial charge in [-0.3, -0.25) is 14.2 Å². The summed E-state index contributed by atoms with van der Waals surface area (Å²) in [5, 5.41) is 9.92. The molecule has 6 nitrogen and oxygen atoms in total. The van der Waals surface area contributed by atoms with Gasteiger partial charge in [-0.25, -0.2) is 8.78 Å². The Labute approximate surface area is 207 Å². The molecule has 0 amide bonds. The molecular weight excluding hydrogens is 486 g/mol. The van der Waals surface area contributed by atoms with Crippen molar-refractivity contribution in [1.29, 1.82) is 5.26 Å². The van der Waals surface area contributed by atoms with Gasteiger partial charge in [0.25, 0.3) is 5.56 Å². The quantitative estimate of drug-likeness (QED) is 0.391. The first-order chi connectivity index (χ1) is 17.5. The minimum atomic E-state index is -0.837. The summed E-state index contributed by atoms with van der Waals surface area (Å²) >= 11 is 0.824. The van der Waals surface area contributed by atoms with Gasteiger partial charge in [0, 0.05) is 11.1 Å². The minimum Gasteiger partial charge on any atom is -0.454 e. The highest BCUT2D eigenvalue weighted by Crippen LogP contribution is 2.32. The molecule has 0 N–H and O–H groups in total. The van der Waals surface area contributed by atoms with Crippen molar-refractivity contribution in [3.05, 3.63) is 115 Å². The number of carbonyl (C=O) groups excluding carboxylic acids is 1. The summed E-state index contributed by atoms with van der Waals surface area (Å²) in [6.45, 7) is 0.0653. The first kappa shape index (κ1) is 23.2. The second-order valence-electron chi connectivity index (χ2n) is 7.81. The molecule has 3 aromatic carbocycles. The number of carbonyl (C=O) groups is 1. The lowest BCUT2D eigenvalue weighted by molar-refractivity contribution is 0.105. The Balaban J connectivity index is 1.75. The van der Waals surface area contributed by atoms with Crippen LogP contribution in [0.25, 0.3) is 11.6 Å². The van der Waals surface area contributed by atoms with Crippen molar-refractivity contribution in [2.24, 2.45) is 0 Å². The van der Waals surface area contributed by atoms with E-state index in [0.717, 1.165) is 29.5 Å². The van der Waals surface area contributed by atoms with Crippen LogP contribution >= 0.6 is 11.3 Å². The van der Waals surface area contributed by atoms with Gasteiger partial charge in [-0.15, -0.1) is 11.3 Å². The molecule has 0 saturated heterocycles. The second kappa shape index (κ2) is 9.60. The van der Waals surface area contributed by atoms with E-state index >= 15 is 0 Å². The van der Waals surface area contributed by atoms with Crippen LogP contribution in [0.2, 0.25) is 0 Å². The highest BCUT2D eigenvalue weighted by molar-refractivity contribution is 7.07. The Kier molecular flexibility index (Phi) is 6.19. The summed E-state index contributed by atoms with van der Waals surface area (Å²) < 4.78 is 40.7. The predicted octanol–water partition coefficient (Wildman–Crippen LogP) is 3.35. The smallest absolute Gasteiger partial charge is 0.269 e. The van der Waals surface area contributed by atoms with Gasteiger partial charge in [-0.2, -0.15) is 5.26 Å². The molecule has 0 unspecified atom stereocenters. The molecule has 0 atom stereocenters. The van der Waals surface area contributed by atoms with Gasteiger partial charge in [0.05, 0.1) is 11.1 Å². The van der Waals surface area contributed by atoms with E-state index in [9.17, 15) is 23.6 Å². The van der Waals surface area contributed by atoms with Crippen LogP contribution < -0.4 is 24.2 Å². The number of hydrogen-bond acceptors (Lipinski definition) is 6. The zero-order chi connectivity index (χ0) is 25.2. The number of ether oxygens (including phenoxy) is 2. The summed E-state index contributed by atoms with van der Waals surface area (Å²) in [6.07, 6.45) is 1.10. The molecule has 1 aliphatic heterocycles. The fourth-order valence-corrected chi connectivity index (χ4v) is 4.86. The number of ketones is 1. The van der Waals surface area contributed by atoms with Gasteiger partial charge in [0.2, 0.25) is 12.6 Å². The summed E-state index contributed by atoms with van der Waals surface area (Å²) in [7, 11) is 0. The topological polar surface area (TPSA) is 81.3 Å². The van der Waals surface area contributed by atoms with Crippen molar-refractivity contribution in [1.82, 2.24) is 4.57 Å². The molecule has 1 aromatic heterocycles. The van der Waals surface area contributed by atoms with Crippen molar-refractivity contribution in [2.75, 3.05) is 6.79 Å². The Morgan fingerprint density at radius 3 is 2.47 bits per heavy atom. The van der Waals surface area contributed by atoms with Crippen LogP contribution in [0.3, 0.4) is 0 Å². The largest absolute Gasteiger partial charge is 0.454 e. The molecule has 36 heavy (non-hydrogen) atoms. The van der Waals surface area contributed by atoms with Crippen molar-refractivity contribution < 1.29 is 23.0 Å². The summed E-state index contributed by atoms with van der Waals surface area (Å²) in [6, 6.07) is 18.6. The van der Waals surface area contributed by atoms with E-state index in [2.05, 4.69) is 0 Å². The number of nitrogens with zero attached hydrogens (tertiary/aromatic N) is 2. The SMILES string of the molecule is N#C/C(C(=O)c1ccccc1)=c1\s/c(=C\c2c(F)cccc2F)c(=O)n1Cc1ccc2c(c1)OCO2. The van der Waals surface area contributed by atoms with Crippen LogP contribution in [0, 0.1) is 23.0 Å². The van der Waals surface area contributed by atoms with E-state index in [4.69, 9.17) is 9.47 Å². The number of Topliss-reactive ketones (excluding diaryl/α,β-unsaturated/α-hetero) is 1. The fourth-order valence-electron chi connectivity index (χ4n) is 3.78. The van der Waals surface area contributed by atoms with Gasteiger partial charge in [0.1, 0.15) is 27.9 Å². The van der Waals surface area contributed by atoms with Gasteiger partial charge in [-0.05, 0) is 35.9 Å². The lowest BCUT2D eigenvalue weighted by Crippen LogP contribution is -2.33. The molecule has 178 valence electrons. The number of nitriles is 1. The molecule has 4 aromatic rings. The Morgan fingerprint density at radius 1 is 1.03 bits per heavy atom. The molecule has 9 heteroatoms. The van der Waals surface area contributed by atoms with E-state index in [1.807, 2.05) is 6.07 Å². The molecule has 0 aliphatic carbocycles. The van der Waals surface area contributed by atoms with E-state index < -0.39 is 23.0 Å². The number of thiazole rings is 1. The highest BCUT2D eigenvalue weighted by atomic mass is 32.1. The molecule has 1 aliphatic rings. The average molecular weight is 502 g/mol. The maximum Gasteiger partial charge on any atom is 0.269 e. The predicted molar refractivity (Wildman–Crippen MR) is 129 cm³/mol. The van der Waals surface area contributed by atoms with Crippen molar-refractivity contribution in [2.45, 2.75) is 6.54 Å². The maximum atomic E-state index is 14.3. The van der Waals surface area contributed by atoms with Crippen LogP contribution in [0.1, 0.15) is 21.5 Å². The number of rotatable bonds is 5. The van der Waals surface area contributed by atoms with E-state index in [1.165, 1.54) is 10.6 Å². The van der Waals surface area contributed by atoms with E-state index in [-0.39, 0.29) is 39.2 Å². The highest BCUT2D eigenvalue weighted by Gasteiger charge is 2.19. The van der Waals surface area contributed by atoms with Crippen LogP contribution in [0.4, 0.5) is 8.78 Å². The summed E-state index contributed by atoms with van der Waals surface area (Å²) in [4.78, 5) is 26.6. The number of benzene rings is 3. The van der Waals surface area contributed by atoms with Gasteiger partial charge in [-0.1, -0.05) is 42.5 Å². The molecule has 0 saturated carbocycles. The second-order valence-corrected chi connectivity index (χ2v) is 8.84. The zero-order valence-electron chi connectivity index (χ0n) is 18.5. The van der Waals surface area contributed by atoms with Crippen LogP contribution in [-0.2, 0) is 6.54 Å². The van der Waals surface area contributed by atoms with Crippen molar-refractivity contribution in [3.63, 3.8) is 0 Å². The number of hydrogen-bond donors (Lipinski definition) is 0. The molecule has 0 fully saturated rings. The normalized spacial score (nSPS) is 13.4. The molecule has 0 bridgehead atoms. The lowest BCUT2D eigenvalue weighted by atomic mass is 10.1. The van der Waals surface area contributed by atoms with Crippen LogP contribution in [0.15, 0.2) is 71.5 Å². The fraction of sp³-hybridized carbons (Fsp3) is 0.0741. The van der Waals surface area contributed by atoms with Crippen molar-refractivity contribution >= 4 is 28.8 Å². The Hall–Kier alpha value is -4.55. The standard InChI is InChI=1S/C27H16F2N2O4S/c28-20-7-4-8-21(29)18(20)12-24-26(33)31(14-16-9-10-22-23(11-16)35-15-34-22)27(36-24)19(13-30)25(32)17-5-2-1-3-6-17/h1-12H,14-15H2/b24-12-,27-19+. The van der Waals surface area contributed by atoms with Crippen LogP contribution in [-0.4, -0.2) is 17.1 Å². The Morgan fingerprint density at radius 2 is 1.75 bits per heavy atom. The molecule has 0 spiro atoms. The maximum absolute atomic E-state index is 14.3. The van der Waals surface area contributed by atoms with Gasteiger partial charge >= 0.3 is 0 Å².